The highest BCUT2D eigenvalue weighted by Crippen LogP contribution is 2.58. The summed E-state index contributed by atoms with van der Waals surface area (Å²) in [5, 5.41) is 3.73. The number of nitrogens with one attached hydrogen (secondary N) is 1. The van der Waals surface area contributed by atoms with E-state index in [0.717, 1.165) is 22.9 Å². The van der Waals surface area contributed by atoms with Gasteiger partial charge in [0.25, 0.3) is 0 Å². The lowest BCUT2D eigenvalue weighted by Gasteiger charge is -2.35. The Bertz CT molecular complexity index is 1130. The molecule has 0 radical (unpaired) electrons. The van der Waals surface area contributed by atoms with Crippen molar-refractivity contribution in [1.82, 2.24) is 9.88 Å². The largest absolute Gasteiger partial charge is 0.347 e. The number of hydrogen-bond acceptors (Lipinski definition) is 2. The van der Waals surface area contributed by atoms with Crippen LogP contribution in [0.25, 0.3) is 10.9 Å². The minimum Gasteiger partial charge on any atom is -0.347 e. The van der Waals surface area contributed by atoms with Crippen LogP contribution in [0.2, 0.25) is 0 Å². The summed E-state index contributed by atoms with van der Waals surface area (Å²) in [4.78, 5) is 25.5. The number of fused-ring (bicyclic) bond motifs is 10. The van der Waals surface area contributed by atoms with Crippen molar-refractivity contribution in [1.29, 1.82) is 0 Å². The molecule has 0 saturated carbocycles. The lowest BCUT2D eigenvalue weighted by Crippen LogP contribution is -2.34. The molecule has 128 valence electrons. The Balaban J connectivity index is 1.74. The third-order valence-corrected chi connectivity index (χ3v) is 6.72. The Hall–Kier alpha value is -2.88. The van der Waals surface area contributed by atoms with Crippen molar-refractivity contribution in [3.8, 4) is 0 Å². The minimum atomic E-state index is -0.362. The van der Waals surface area contributed by atoms with E-state index in [2.05, 4.69) is 53.3 Å². The van der Waals surface area contributed by atoms with Gasteiger partial charge in [-0.1, -0.05) is 42.5 Å². The molecule has 6 rings (SSSR count). The van der Waals surface area contributed by atoms with Gasteiger partial charge in [0.2, 0.25) is 11.8 Å². The fourth-order valence-electron chi connectivity index (χ4n) is 5.80. The number of nitrogens with zero attached hydrogens (tertiary/aromatic N) is 1. The van der Waals surface area contributed by atoms with Crippen LogP contribution in [0, 0.1) is 11.8 Å². The molecule has 1 N–H and O–H groups in total. The third-order valence-electron chi connectivity index (χ3n) is 6.72. The standard InChI is InChI=1S/C22H18N2O2/c1-24-15-9-5-4-8-13(15)17-19-18(21(25)23-22(19)26)14-10-11-6-2-3-7-12(11)16(14)20(17)24/h2-9,14,16,18-19H,10H2,1H3,(H,23,25,26). The van der Waals surface area contributed by atoms with Crippen molar-refractivity contribution in [3.63, 3.8) is 0 Å². The van der Waals surface area contributed by atoms with Gasteiger partial charge in [-0.2, -0.15) is 0 Å². The van der Waals surface area contributed by atoms with E-state index >= 15 is 0 Å². The second-order valence-electron chi connectivity index (χ2n) is 7.78. The molecule has 4 nitrogen and oxygen atoms in total. The molecule has 2 heterocycles. The smallest absolute Gasteiger partial charge is 0.235 e. The molecule has 4 unspecified atom stereocenters. The van der Waals surface area contributed by atoms with Gasteiger partial charge in [0.1, 0.15) is 0 Å². The molecular formula is C22H18N2O2. The van der Waals surface area contributed by atoms with Crippen molar-refractivity contribution in [2.24, 2.45) is 18.9 Å². The van der Waals surface area contributed by atoms with Crippen LogP contribution in [-0.4, -0.2) is 16.4 Å². The highest BCUT2D eigenvalue weighted by molar-refractivity contribution is 6.10. The molecule has 1 aromatic heterocycles. The minimum absolute atomic E-state index is 0.0959. The summed E-state index contributed by atoms with van der Waals surface area (Å²) in [6, 6.07) is 16.7. The number of aromatic nitrogens is 1. The quantitative estimate of drug-likeness (QED) is 0.639. The summed E-state index contributed by atoms with van der Waals surface area (Å²) in [6.07, 6.45) is 0.865. The van der Waals surface area contributed by atoms with E-state index in [4.69, 9.17) is 0 Å². The summed E-state index contributed by atoms with van der Waals surface area (Å²) < 4.78 is 2.25. The van der Waals surface area contributed by atoms with Crippen molar-refractivity contribution in [2.75, 3.05) is 0 Å². The molecule has 0 spiro atoms. The maximum atomic E-state index is 12.8. The highest BCUT2D eigenvalue weighted by Gasteiger charge is 2.57. The van der Waals surface area contributed by atoms with E-state index < -0.39 is 0 Å². The first-order chi connectivity index (χ1) is 12.7. The van der Waals surface area contributed by atoms with Crippen molar-refractivity contribution in [2.45, 2.75) is 18.3 Å². The van der Waals surface area contributed by atoms with E-state index in [0.29, 0.717) is 0 Å². The lowest BCUT2D eigenvalue weighted by atomic mass is 9.66. The van der Waals surface area contributed by atoms with Gasteiger partial charge in [-0.05, 0) is 35.1 Å². The van der Waals surface area contributed by atoms with Crippen molar-refractivity contribution < 1.29 is 9.59 Å². The Morgan fingerprint density at radius 2 is 1.73 bits per heavy atom. The van der Waals surface area contributed by atoms with Gasteiger partial charge in [-0.3, -0.25) is 14.9 Å². The van der Waals surface area contributed by atoms with E-state index in [1.165, 1.54) is 16.8 Å². The first-order valence-corrected chi connectivity index (χ1v) is 9.16. The number of imide groups is 1. The fraction of sp³-hybridized carbons (Fsp3) is 0.273. The maximum absolute atomic E-state index is 12.8. The lowest BCUT2D eigenvalue weighted by molar-refractivity contribution is -0.126. The van der Waals surface area contributed by atoms with Gasteiger partial charge in [-0.15, -0.1) is 0 Å². The van der Waals surface area contributed by atoms with Crippen LogP contribution in [0.5, 0.6) is 0 Å². The third kappa shape index (κ3) is 1.52. The summed E-state index contributed by atoms with van der Waals surface area (Å²) in [5.74, 6) is -0.526. The van der Waals surface area contributed by atoms with Crippen LogP contribution < -0.4 is 5.32 Å². The topological polar surface area (TPSA) is 51.1 Å². The molecular weight excluding hydrogens is 324 g/mol. The van der Waals surface area contributed by atoms with Crippen LogP contribution >= 0.6 is 0 Å². The van der Waals surface area contributed by atoms with Crippen LogP contribution in [0.4, 0.5) is 0 Å². The van der Waals surface area contributed by atoms with Gasteiger partial charge in [0.05, 0.1) is 11.8 Å². The SMILES string of the molecule is Cn1c2c(c3ccccc31)C1C(=O)NC(=O)C1C1Cc3ccccc3C21. The van der Waals surface area contributed by atoms with Crippen LogP contribution in [0.15, 0.2) is 48.5 Å². The van der Waals surface area contributed by atoms with Gasteiger partial charge >= 0.3 is 0 Å². The van der Waals surface area contributed by atoms with Crippen LogP contribution in [-0.2, 0) is 23.1 Å². The molecule has 0 bridgehead atoms. The zero-order valence-corrected chi connectivity index (χ0v) is 14.4. The molecule has 2 aliphatic carbocycles. The summed E-state index contributed by atoms with van der Waals surface area (Å²) >= 11 is 0. The summed E-state index contributed by atoms with van der Waals surface area (Å²) in [5.41, 5.74) is 6.04. The molecule has 26 heavy (non-hydrogen) atoms. The molecule has 3 aromatic rings. The van der Waals surface area contributed by atoms with Gasteiger partial charge < -0.3 is 4.57 Å². The van der Waals surface area contributed by atoms with Crippen LogP contribution in [0.1, 0.15) is 34.2 Å². The molecule has 4 heteroatoms. The maximum Gasteiger partial charge on any atom is 0.235 e. The fourth-order valence-corrected chi connectivity index (χ4v) is 5.80. The first-order valence-electron chi connectivity index (χ1n) is 9.16. The van der Waals surface area contributed by atoms with Gasteiger partial charge in [-0.25, -0.2) is 0 Å². The first kappa shape index (κ1) is 14.3. The molecule has 1 aliphatic heterocycles. The second-order valence-corrected chi connectivity index (χ2v) is 7.78. The van der Waals surface area contributed by atoms with E-state index in [1.807, 2.05) is 12.1 Å². The average Bonchev–Trinajstić information content (AvgIpc) is 3.26. The summed E-state index contributed by atoms with van der Waals surface area (Å²) in [6.45, 7) is 0. The van der Waals surface area contributed by atoms with Gasteiger partial charge in [0, 0.05) is 29.6 Å². The average molecular weight is 342 g/mol. The highest BCUT2D eigenvalue weighted by atomic mass is 16.2. The molecule has 2 amide bonds. The number of benzene rings is 2. The van der Waals surface area contributed by atoms with Gasteiger partial charge in [0.15, 0.2) is 0 Å². The zero-order valence-electron chi connectivity index (χ0n) is 14.4. The Kier molecular flexibility index (Phi) is 2.55. The molecule has 3 aliphatic rings. The number of aryl methyl sites for hydroxylation is 1. The number of para-hydroxylation sites is 1. The number of carbonyl (C=O) groups is 2. The van der Waals surface area contributed by atoms with Crippen LogP contribution in [0.3, 0.4) is 0 Å². The molecule has 2 aromatic carbocycles. The monoisotopic (exact) mass is 342 g/mol. The van der Waals surface area contributed by atoms with Crippen molar-refractivity contribution in [3.05, 3.63) is 70.9 Å². The molecule has 1 saturated heterocycles. The zero-order chi connectivity index (χ0) is 17.6. The molecule has 4 atom stereocenters. The molecule has 1 fully saturated rings. The van der Waals surface area contributed by atoms with E-state index in [-0.39, 0.29) is 35.5 Å². The summed E-state index contributed by atoms with van der Waals surface area (Å²) in [7, 11) is 2.09. The number of rotatable bonds is 0. The van der Waals surface area contributed by atoms with Crippen molar-refractivity contribution >= 4 is 22.7 Å². The van der Waals surface area contributed by atoms with E-state index in [9.17, 15) is 9.59 Å². The Labute approximate surface area is 150 Å². The Morgan fingerprint density at radius 1 is 0.962 bits per heavy atom. The number of hydrogen-bond donors (Lipinski definition) is 1. The predicted octanol–water partition coefficient (Wildman–Crippen LogP) is 2.85. The number of amides is 2. The normalized spacial score (nSPS) is 28.5. The Morgan fingerprint density at radius 3 is 2.62 bits per heavy atom. The number of carbonyl (C=O) groups excluding carboxylic acids is 2. The second kappa shape index (κ2) is 4.64. The van der Waals surface area contributed by atoms with E-state index in [1.54, 1.807) is 0 Å². The predicted molar refractivity (Wildman–Crippen MR) is 97.8 cm³/mol.